The van der Waals surface area contributed by atoms with E-state index in [1.807, 2.05) is 0 Å². The molecule has 1 aromatic rings. The summed E-state index contributed by atoms with van der Waals surface area (Å²) in [6, 6.07) is 9.58. The van der Waals surface area contributed by atoms with Crippen LogP contribution in [0.15, 0.2) is 24.3 Å². The van der Waals surface area contributed by atoms with Gasteiger partial charge in [-0.1, -0.05) is 64.3 Å². The molecule has 1 aliphatic carbocycles. The van der Waals surface area contributed by atoms with Gasteiger partial charge in [-0.25, -0.2) is 0 Å². The lowest BCUT2D eigenvalue weighted by molar-refractivity contribution is 0.182. The minimum Gasteiger partial charge on any atom is -0.0654 e. The molecule has 0 nitrogen and oxygen atoms in total. The summed E-state index contributed by atoms with van der Waals surface area (Å²) in [7, 11) is 0. The smallest absolute Gasteiger partial charge is 0.0162 e. The van der Waals surface area contributed by atoms with Crippen molar-refractivity contribution >= 4 is 0 Å². The third kappa shape index (κ3) is 4.87. The first-order valence-electron chi connectivity index (χ1n) is 9.25. The fourth-order valence-electron chi connectivity index (χ4n) is 4.04. The van der Waals surface area contributed by atoms with Gasteiger partial charge in [0.1, 0.15) is 0 Å². The van der Waals surface area contributed by atoms with Gasteiger partial charge in [0.05, 0.1) is 0 Å². The molecule has 118 valence electrons. The summed E-state index contributed by atoms with van der Waals surface area (Å²) in [4.78, 5) is 0. The van der Waals surface area contributed by atoms with Crippen molar-refractivity contribution in [3.63, 3.8) is 0 Å². The van der Waals surface area contributed by atoms with Crippen molar-refractivity contribution in [2.75, 3.05) is 0 Å². The van der Waals surface area contributed by atoms with Crippen molar-refractivity contribution in [2.45, 2.75) is 90.9 Å². The summed E-state index contributed by atoms with van der Waals surface area (Å²) < 4.78 is 0. The first-order valence-corrected chi connectivity index (χ1v) is 9.25. The van der Waals surface area contributed by atoms with E-state index in [0.29, 0.717) is 5.41 Å². The molecule has 21 heavy (non-hydrogen) atoms. The average Bonchev–Trinajstić information content (AvgIpc) is 2.49. The van der Waals surface area contributed by atoms with Crippen molar-refractivity contribution in [3.05, 3.63) is 35.4 Å². The maximum Gasteiger partial charge on any atom is -0.0162 e. The van der Waals surface area contributed by atoms with E-state index >= 15 is 0 Å². The SMILES string of the molecule is CCCCCc1ccc([C@H]2CC[C@@](C)(CCC)CC2)cc1. The van der Waals surface area contributed by atoms with Gasteiger partial charge < -0.3 is 0 Å². The zero-order valence-corrected chi connectivity index (χ0v) is 14.5. The van der Waals surface area contributed by atoms with Crippen LogP contribution >= 0.6 is 0 Å². The first-order chi connectivity index (χ1) is 10.2. The molecule has 0 spiro atoms. The zero-order chi connectivity index (χ0) is 15.1. The molecule has 0 aromatic heterocycles. The second-order valence-electron chi connectivity index (χ2n) is 7.53. The van der Waals surface area contributed by atoms with Gasteiger partial charge in [-0.15, -0.1) is 0 Å². The highest BCUT2D eigenvalue weighted by Gasteiger charge is 2.30. The van der Waals surface area contributed by atoms with Gasteiger partial charge in [-0.05, 0) is 67.4 Å². The van der Waals surface area contributed by atoms with Gasteiger partial charge in [0, 0.05) is 0 Å². The number of aryl methyl sites for hydroxylation is 1. The van der Waals surface area contributed by atoms with E-state index < -0.39 is 0 Å². The molecule has 0 aliphatic heterocycles. The van der Waals surface area contributed by atoms with Crippen LogP contribution in [-0.4, -0.2) is 0 Å². The van der Waals surface area contributed by atoms with E-state index in [1.54, 1.807) is 5.56 Å². The molecular formula is C21H34. The second kappa shape index (κ2) is 8.01. The fraction of sp³-hybridized carbons (Fsp3) is 0.714. The molecule has 0 amide bonds. The third-order valence-corrected chi connectivity index (χ3v) is 5.57. The molecular weight excluding hydrogens is 252 g/mol. The van der Waals surface area contributed by atoms with Crippen LogP contribution in [0.1, 0.15) is 95.6 Å². The van der Waals surface area contributed by atoms with E-state index in [9.17, 15) is 0 Å². The normalized spacial score (nSPS) is 26.0. The van der Waals surface area contributed by atoms with Crippen molar-refractivity contribution in [1.29, 1.82) is 0 Å². The minimum atomic E-state index is 0.630. The Hall–Kier alpha value is -0.780. The molecule has 1 aliphatic rings. The Balaban J connectivity index is 1.86. The Bertz CT molecular complexity index is 393. The Morgan fingerprint density at radius 3 is 2.19 bits per heavy atom. The predicted molar refractivity (Wildman–Crippen MR) is 93.9 cm³/mol. The molecule has 0 N–H and O–H groups in total. The molecule has 0 heterocycles. The maximum atomic E-state index is 2.50. The summed E-state index contributed by atoms with van der Waals surface area (Å²) in [6.45, 7) is 7.11. The van der Waals surface area contributed by atoms with Gasteiger partial charge >= 0.3 is 0 Å². The molecule has 0 heteroatoms. The summed E-state index contributed by atoms with van der Waals surface area (Å²) in [5.74, 6) is 0.819. The second-order valence-corrected chi connectivity index (χ2v) is 7.53. The van der Waals surface area contributed by atoms with Gasteiger partial charge in [0.2, 0.25) is 0 Å². The van der Waals surface area contributed by atoms with Crippen molar-refractivity contribution < 1.29 is 0 Å². The summed E-state index contributed by atoms with van der Waals surface area (Å²) in [6.07, 6.45) is 13.7. The van der Waals surface area contributed by atoms with Gasteiger partial charge in [-0.3, -0.25) is 0 Å². The molecule has 1 aromatic carbocycles. The highest BCUT2D eigenvalue weighted by molar-refractivity contribution is 5.26. The van der Waals surface area contributed by atoms with Crippen LogP contribution in [0.5, 0.6) is 0 Å². The van der Waals surface area contributed by atoms with E-state index in [-0.39, 0.29) is 0 Å². The van der Waals surface area contributed by atoms with Gasteiger partial charge in [-0.2, -0.15) is 0 Å². The van der Waals surface area contributed by atoms with E-state index in [4.69, 9.17) is 0 Å². The van der Waals surface area contributed by atoms with Crippen LogP contribution in [0, 0.1) is 5.41 Å². The highest BCUT2D eigenvalue weighted by Crippen LogP contribution is 2.45. The largest absolute Gasteiger partial charge is 0.0654 e. The lowest BCUT2D eigenvalue weighted by Crippen LogP contribution is -2.23. The Kier molecular flexibility index (Phi) is 6.33. The fourth-order valence-corrected chi connectivity index (χ4v) is 4.04. The number of hydrogen-bond donors (Lipinski definition) is 0. The molecule has 2 rings (SSSR count). The van der Waals surface area contributed by atoms with Crippen LogP contribution in [0.25, 0.3) is 0 Å². The summed E-state index contributed by atoms with van der Waals surface area (Å²) >= 11 is 0. The first kappa shape index (κ1) is 16.6. The summed E-state index contributed by atoms with van der Waals surface area (Å²) in [5, 5.41) is 0. The van der Waals surface area contributed by atoms with Crippen molar-refractivity contribution in [3.8, 4) is 0 Å². The topological polar surface area (TPSA) is 0 Å². The van der Waals surface area contributed by atoms with Crippen LogP contribution < -0.4 is 0 Å². The monoisotopic (exact) mass is 286 g/mol. The Labute approximate surface area is 132 Å². The average molecular weight is 287 g/mol. The molecule has 0 radical (unpaired) electrons. The third-order valence-electron chi connectivity index (χ3n) is 5.57. The Morgan fingerprint density at radius 1 is 0.952 bits per heavy atom. The lowest BCUT2D eigenvalue weighted by Gasteiger charge is -2.37. The van der Waals surface area contributed by atoms with Crippen LogP contribution in [-0.2, 0) is 6.42 Å². The molecule has 0 saturated heterocycles. The molecule has 1 saturated carbocycles. The number of benzene rings is 1. The number of unbranched alkanes of at least 4 members (excludes halogenated alkanes) is 2. The minimum absolute atomic E-state index is 0.630. The van der Waals surface area contributed by atoms with Crippen molar-refractivity contribution in [2.24, 2.45) is 5.41 Å². The summed E-state index contributed by atoms with van der Waals surface area (Å²) in [5.41, 5.74) is 3.75. The van der Waals surface area contributed by atoms with Crippen LogP contribution in [0.4, 0.5) is 0 Å². The maximum absolute atomic E-state index is 2.50. The highest BCUT2D eigenvalue weighted by atomic mass is 14.4. The van der Waals surface area contributed by atoms with E-state index in [0.717, 1.165) is 5.92 Å². The molecule has 0 atom stereocenters. The standard InChI is InChI=1S/C21H34/c1-4-6-7-8-18-9-11-19(12-10-18)20-13-16-21(3,15-5-2)17-14-20/h9-12,20H,4-8,13-17H2,1-3H3/t20-,21+. The van der Waals surface area contributed by atoms with Gasteiger partial charge in [0.25, 0.3) is 0 Å². The quantitative estimate of drug-likeness (QED) is 0.479. The van der Waals surface area contributed by atoms with Gasteiger partial charge in [0.15, 0.2) is 0 Å². The molecule has 0 bridgehead atoms. The van der Waals surface area contributed by atoms with Crippen LogP contribution in [0.3, 0.4) is 0 Å². The van der Waals surface area contributed by atoms with E-state index in [1.165, 1.54) is 69.8 Å². The molecule has 0 unspecified atom stereocenters. The Morgan fingerprint density at radius 2 is 1.62 bits per heavy atom. The van der Waals surface area contributed by atoms with E-state index in [2.05, 4.69) is 45.0 Å². The lowest BCUT2D eigenvalue weighted by atomic mass is 9.68. The molecule has 1 fully saturated rings. The van der Waals surface area contributed by atoms with Crippen LogP contribution in [0.2, 0.25) is 0 Å². The van der Waals surface area contributed by atoms with Crippen molar-refractivity contribution in [1.82, 2.24) is 0 Å². The zero-order valence-electron chi connectivity index (χ0n) is 14.5. The number of rotatable bonds is 7. The predicted octanol–water partition coefficient (Wildman–Crippen LogP) is 6.88. The number of hydrogen-bond acceptors (Lipinski definition) is 0.